The van der Waals surface area contributed by atoms with Crippen molar-refractivity contribution in [3.05, 3.63) is 46.5 Å². The van der Waals surface area contributed by atoms with E-state index in [4.69, 9.17) is 2.74 Å². The average Bonchev–Trinajstić information content (AvgIpc) is 2.76. The van der Waals surface area contributed by atoms with Gasteiger partial charge < -0.3 is 0 Å². The molecule has 0 N–H and O–H groups in total. The fraction of sp³-hybridized carbons (Fsp3) is 0.600. The van der Waals surface area contributed by atoms with Crippen LogP contribution in [-0.4, -0.2) is 0 Å². The minimum atomic E-state index is -1.31. The Balaban J connectivity index is 2.35. The van der Waals surface area contributed by atoms with Gasteiger partial charge in [0.1, 0.15) is 0 Å². The molecule has 20 heavy (non-hydrogen) atoms. The normalized spacial score (nSPS) is 36.2. The number of hydrogen-bond donors (Lipinski definition) is 0. The molecule has 0 amide bonds. The summed E-state index contributed by atoms with van der Waals surface area (Å²) in [5.74, 6) is 0.869. The third-order valence-electron chi connectivity index (χ3n) is 5.71. The molecule has 0 unspecified atom stereocenters. The summed E-state index contributed by atoms with van der Waals surface area (Å²) in [4.78, 5) is 0. The van der Waals surface area contributed by atoms with Crippen molar-refractivity contribution in [2.75, 3.05) is 0 Å². The Morgan fingerprint density at radius 3 is 2.25 bits per heavy atom. The molecule has 0 saturated heterocycles. The molecule has 0 fully saturated rings. The van der Waals surface area contributed by atoms with Crippen molar-refractivity contribution in [1.82, 2.24) is 0 Å². The third-order valence-corrected chi connectivity index (χ3v) is 5.71. The second kappa shape index (κ2) is 4.23. The molecule has 0 saturated carbocycles. The summed E-state index contributed by atoms with van der Waals surface area (Å²) in [5.41, 5.74) is 4.39. The summed E-state index contributed by atoms with van der Waals surface area (Å²) in [7, 11) is 0. The highest BCUT2D eigenvalue weighted by Crippen LogP contribution is 2.65. The van der Waals surface area contributed by atoms with E-state index in [0.29, 0.717) is 11.8 Å². The molecule has 2 aliphatic carbocycles. The van der Waals surface area contributed by atoms with Crippen molar-refractivity contribution in [3.63, 3.8) is 0 Å². The SMILES string of the molecule is [2H]C1([2H])c2ccccc2[C@]2(C)CC(C(C)C)=C(C(C)C)[C@]12C. The molecule has 0 radical (unpaired) electrons. The molecule has 0 heterocycles. The van der Waals surface area contributed by atoms with Gasteiger partial charge in [0.15, 0.2) is 0 Å². The first-order chi connectivity index (χ1) is 10.1. The Morgan fingerprint density at radius 2 is 1.65 bits per heavy atom. The number of hydrogen-bond acceptors (Lipinski definition) is 0. The van der Waals surface area contributed by atoms with Crippen molar-refractivity contribution in [3.8, 4) is 0 Å². The van der Waals surface area contributed by atoms with E-state index in [9.17, 15) is 0 Å². The molecule has 0 spiro atoms. The van der Waals surface area contributed by atoms with Crippen LogP contribution in [0.25, 0.3) is 0 Å². The van der Waals surface area contributed by atoms with E-state index in [1.165, 1.54) is 16.7 Å². The number of fused-ring (bicyclic) bond motifs is 3. The van der Waals surface area contributed by atoms with Crippen LogP contribution in [0.5, 0.6) is 0 Å². The molecule has 3 rings (SSSR count). The first-order valence-electron chi connectivity index (χ1n) is 8.92. The van der Waals surface area contributed by atoms with Crippen molar-refractivity contribution >= 4 is 0 Å². The number of rotatable bonds is 2. The van der Waals surface area contributed by atoms with Crippen LogP contribution < -0.4 is 0 Å². The molecular formula is C20H28. The second-order valence-corrected chi connectivity index (χ2v) is 7.55. The number of benzene rings is 1. The maximum atomic E-state index is 9.00. The quantitative estimate of drug-likeness (QED) is 0.621. The third kappa shape index (κ3) is 1.54. The van der Waals surface area contributed by atoms with Crippen LogP contribution >= 0.6 is 0 Å². The molecule has 0 heteroatoms. The molecular weight excluding hydrogens is 240 g/mol. The lowest BCUT2D eigenvalue weighted by Gasteiger charge is -2.39. The summed E-state index contributed by atoms with van der Waals surface area (Å²) >= 11 is 0. The lowest BCUT2D eigenvalue weighted by atomic mass is 9.64. The summed E-state index contributed by atoms with van der Waals surface area (Å²) in [6, 6.07) is 8.19. The van der Waals surface area contributed by atoms with Gasteiger partial charge in [-0.05, 0) is 35.8 Å². The molecule has 0 nitrogen and oxygen atoms in total. The molecule has 108 valence electrons. The highest BCUT2D eigenvalue weighted by atomic mass is 14.6. The van der Waals surface area contributed by atoms with Gasteiger partial charge in [0.05, 0.1) is 0 Å². The minimum absolute atomic E-state index is 0.133. The van der Waals surface area contributed by atoms with Crippen molar-refractivity contribution in [2.24, 2.45) is 17.3 Å². The second-order valence-electron chi connectivity index (χ2n) is 7.55. The van der Waals surface area contributed by atoms with E-state index >= 15 is 0 Å². The van der Waals surface area contributed by atoms with Crippen molar-refractivity contribution < 1.29 is 2.74 Å². The maximum absolute atomic E-state index is 9.00. The van der Waals surface area contributed by atoms with Gasteiger partial charge in [-0.15, -0.1) is 0 Å². The highest BCUT2D eigenvalue weighted by Gasteiger charge is 2.58. The van der Waals surface area contributed by atoms with Crippen LogP contribution in [0.1, 0.15) is 61.8 Å². The van der Waals surface area contributed by atoms with E-state index in [1.807, 2.05) is 12.1 Å². The lowest BCUT2D eigenvalue weighted by molar-refractivity contribution is 0.239. The van der Waals surface area contributed by atoms with Crippen LogP contribution in [0.15, 0.2) is 35.4 Å². The topological polar surface area (TPSA) is 0 Å². The zero-order chi connectivity index (χ0) is 16.5. The van der Waals surface area contributed by atoms with Gasteiger partial charge in [-0.3, -0.25) is 0 Å². The molecule has 2 aliphatic rings. The van der Waals surface area contributed by atoms with Gasteiger partial charge in [0.2, 0.25) is 0 Å². The standard InChI is InChI=1S/C20H28/c1-13(2)16-12-19(5)17-10-8-7-9-15(17)11-20(19,6)18(16)14(3)4/h7-10,13-14H,11-12H2,1-6H3/t19-,20-/m0/s1/i11D2. The predicted molar refractivity (Wildman–Crippen MR) is 86.9 cm³/mol. The zero-order valence-corrected chi connectivity index (χ0v) is 13.7. The Labute approximate surface area is 127 Å². The summed E-state index contributed by atoms with van der Waals surface area (Å²) in [6.45, 7) is 13.4. The Kier molecular flexibility index (Phi) is 2.45. The average molecular weight is 270 g/mol. The zero-order valence-electron chi connectivity index (χ0n) is 15.7. The summed E-state index contributed by atoms with van der Waals surface area (Å²) in [5, 5.41) is 0. The predicted octanol–water partition coefficient (Wildman–Crippen LogP) is 5.52. The minimum Gasteiger partial charge on any atom is -0.0667 e. The van der Waals surface area contributed by atoms with E-state index in [2.05, 4.69) is 53.7 Å². The van der Waals surface area contributed by atoms with Crippen LogP contribution in [0.4, 0.5) is 0 Å². The van der Waals surface area contributed by atoms with Crippen LogP contribution in [0.3, 0.4) is 0 Å². The fourth-order valence-corrected chi connectivity index (χ4v) is 4.65. The van der Waals surface area contributed by atoms with Gasteiger partial charge in [0.25, 0.3) is 0 Å². The first kappa shape index (κ1) is 11.6. The van der Waals surface area contributed by atoms with Gasteiger partial charge in [0, 0.05) is 13.6 Å². The van der Waals surface area contributed by atoms with Crippen LogP contribution in [0, 0.1) is 17.3 Å². The summed E-state index contributed by atoms with van der Waals surface area (Å²) < 4.78 is 18.0. The van der Waals surface area contributed by atoms with Gasteiger partial charge in [-0.25, -0.2) is 0 Å². The molecule has 1 aromatic rings. The summed E-state index contributed by atoms with van der Waals surface area (Å²) in [6.07, 6.45) is -0.320. The van der Waals surface area contributed by atoms with E-state index in [-0.39, 0.29) is 5.41 Å². The Bertz CT molecular complexity index is 653. The molecule has 2 atom stereocenters. The molecule has 0 bridgehead atoms. The Morgan fingerprint density at radius 1 is 1.00 bits per heavy atom. The monoisotopic (exact) mass is 270 g/mol. The van der Waals surface area contributed by atoms with E-state index in [0.717, 1.165) is 12.0 Å². The molecule has 0 aromatic heterocycles. The first-order valence-corrected chi connectivity index (χ1v) is 7.92. The van der Waals surface area contributed by atoms with Crippen molar-refractivity contribution in [1.29, 1.82) is 0 Å². The van der Waals surface area contributed by atoms with Gasteiger partial charge >= 0.3 is 0 Å². The molecule has 0 aliphatic heterocycles. The van der Waals surface area contributed by atoms with Gasteiger partial charge in [-0.2, -0.15) is 0 Å². The van der Waals surface area contributed by atoms with Gasteiger partial charge in [-0.1, -0.05) is 77.0 Å². The Hall–Kier alpha value is -1.04. The molecule has 1 aromatic carbocycles. The van der Waals surface area contributed by atoms with Crippen LogP contribution in [-0.2, 0) is 11.8 Å². The maximum Gasteiger partial charge on any atom is 0.0325 e. The van der Waals surface area contributed by atoms with E-state index < -0.39 is 11.8 Å². The largest absolute Gasteiger partial charge is 0.0667 e. The lowest BCUT2D eigenvalue weighted by Crippen LogP contribution is -2.36. The van der Waals surface area contributed by atoms with Crippen molar-refractivity contribution in [2.45, 2.75) is 59.8 Å². The highest BCUT2D eigenvalue weighted by molar-refractivity contribution is 5.53. The van der Waals surface area contributed by atoms with E-state index in [1.54, 1.807) is 0 Å². The number of allylic oxidation sites excluding steroid dienone is 2. The fourth-order valence-electron chi connectivity index (χ4n) is 4.65. The smallest absolute Gasteiger partial charge is 0.0325 e. The van der Waals surface area contributed by atoms with Crippen LogP contribution in [0.2, 0.25) is 0 Å².